The quantitative estimate of drug-likeness (QED) is 0.892. The molecule has 0 aliphatic carbocycles. The van der Waals surface area contributed by atoms with Gasteiger partial charge in [-0.25, -0.2) is 4.39 Å². The number of aliphatic hydroxyl groups is 1. The molecule has 0 spiro atoms. The van der Waals surface area contributed by atoms with Crippen LogP contribution in [0.4, 0.5) is 4.39 Å². The Kier molecular flexibility index (Phi) is 3.86. The van der Waals surface area contributed by atoms with Crippen LogP contribution in [0.2, 0.25) is 0 Å². The van der Waals surface area contributed by atoms with Crippen molar-refractivity contribution in [1.82, 2.24) is 0 Å². The second kappa shape index (κ2) is 5.41. The van der Waals surface area contributed by atoms with Gasteiger partial charge in [0.05, 0.1) is 6.10 Å². The monoisotopic (exact) mass is 260 g/mol. The van der Waals surface area contributed by atoms with Crippen LogP contribution >= 0.6 is 0 Å². The highest BCUT2D eigenvalue weighted by atomic mass is 19.1. The Morgan fingerprint density at radius 3 is 2.53 bits per heavy atom. The summed E-state index contributed by atoms with van der Waals surface area (Å²) < 4.78 is 19.3. The van der Waals surface area contributed by atoms with Crippen LogP contribution in [0.25, 0.3) is 0 Å². The maximum Gasteiger partial charge on any atom is 0.133 e. The minimum atomic E-state index is -0.782. The molecule has 2 nitrogen and oxygen atoms in total. The first kappa shape index (κ1) is 13.6. The molecule has 2 aromatic rings. The molecule has 0 aromatic heterocycles. The van der Waals surface area contributed by atoms with Crippen LogP contribution in [0.15, 0.2) is 36.4 Å². The number of benzene rings is 2. The second-order valence-electron chi connectivity index (χ2n) is 4.73. The fourth-order valence-corrected chi connectivity index (χ4v) is 1.89. The number of halogens is 1. The number of hydrogen-bond donors (Lipinski definition) is 1. The van der Waals surface area contributed by atoms with Crippen molar-refractivity contribution in [3.8, 4) is 11.5 Å². The van der Waals surface area contributed by atoms with Gasteiger partial charge in [0.2, 0.25) is 0 Å². The topological polar surface area (TPSA) is 29.5 Å². The van der Waals surface area contributed by atoms with E-state index >= 15 is 0 Å². The average molecular weight is 260 g/mol. The maximum atomic E-state index is 13.6. The standard InChI is InChI=1S/C16H17FO2/c1-10-5-4-6-13(7-10)19-16-8-11(2)15(17)9-14(16)12(3)18/h4-9,12,18H,1-3H3. The van der Waals surface area contributed by atoms with Gasteiger partial charge in [-0.05, 0) is 56.2 Å². The fraction of sp³-hybridized carbons (Fsp3) is 0.250. The van der Waals surface area contributed by atoms with E-state index in [0.717, 1.165) is 5.56 Å². The van der Waals surface area contributed by atoms with E-state index in [9.17, 15) is 9.50 Å². The van der Waals surface area contributed by atoms with Crippen LogP contribution in [0, 0.1) is 19.7 Å². The van der Waals surface area contributed by atoms with Crippen LogP contribution in [-0.4, -0.2) is 5.11 Å². The van der Waals surface area contributed by atoms with E-state index < -0.39 is 6.10 Å². The lowest BCUT2D eigenvalue weighted by Crippen LogP contribution is -1.99. The van der Waals surface area contributed by atoms with Gasteiger partial charge >= 0.3 is 0 Å². The second-order valence-corrected chi connectivity index (χ2v) is 4.73. The maximum absolute atomic E-state index is 13.6. The molecule has 0 aliphatic heterocycles. The Hall–Kier alpha value is -1.87. The number of rotatable bonds is 3. The van der Waals surface area contributed by atoms with Crippen molar-refractivity contribution in [3.63, 3.8) is 0 Å². The molecular formula is C16H17FO2. The molecule has 0 saturated carbocycles. The largest absolute Gasteiger partial charge is 0.457 e. The summed E-state index contributed by atoms with van der Waals surface area (Å²) in [5.41, 5.74) is 2.02. The van der Waals surface area contributed by atoms with Gasteiger partial charge in [-0.1, -0.05) is 12.1 Å². The molecule has 19 heavy (non-hydrogen) atoms. The molecule has 1 unspecified atom stereocenters. The molecule has 0 saturated heterocycles. The van der Waals surface area contributed by atoms with E-state index in [1.54, 1.807) is 19.9 Å². The molecule has 0 amide bonds. The highest BCUT2D eigenvalue weighted by Gasteiger charge is 2.13. The third-order valence-corrected chi connectivity index (χ3v) is 2.96. The molecule has 0 bridgehead atoms. The normalized spacial score (nSPS) is 12.3. The summed E-state index contributed by atoms with van der Waals surface area (Å²) in [7, 11) is 0. The van der Waals surface area contributed by atoms with Gasteiger partial charge in [-0.3, -0.25) is 0 Å². The van der Waals surface area contributed by atoms with E-state index in [-0.39, 0.29) is 5.82 Å². The van der Waals surface area contributed by atoms with Crippen molar-refractivity contribution in [2.75, 3.05) is 0 Å². The van der Waals surface area contributed by atoms with Gasteiger partial charge < -0.3 is 9.84 Å². The summed E-state index contributed by atoms with van der Waals surface area (Å²) in [4.78, 5) is 0. The summed E-state index contributed by atoms with van der Waals surface area (Å²) in [6.45, 7) is 5.23. The van der Waals surface area contributed by atoms with Crippen molar-refractivity contribution < 1.29 is 14.2 Å². The fourth-order valence-electron chi connectivity index (χ4n) is 1.89. The van der Waals surface area contributed by atoms with Crippen LogP contribution in [0.5, 0.6) is 11.5 Å². The molecule has 100 valence electrons. The summed E-state index contributed by atoms with van der Waals surface area (Å²) in [5, 5.41) is 9.71. The van der Waals surface area contributed by atoms with Gasteiger partial charge in [0.25, 0.3) is 0 Å². The van der Waals surface area contributed by atoms with Crippen LogP contribution in [0.3, 0.4) is 0 Å². The summed E-state index contributed by atoms with van der Waals surface area (Å²) >= 11 is 0. The minimum absolute atomic E-state index is 0.340. The van der Waals surface area contributed by atoms with Gasteiger partial charge in [-0.15, -0.1) is 0 Å². The van der Waals surface area contributed by atoms with E-state index in [1.807, 2.05) is 31.2 Å². The first-order valence-electron chi connectivity index (χ1n) is 6.20. The van der Waals surface area contributed by atoms with Crippen LogP contribution in [-0.2, 0) is 0 Å². The van der Waals surface area contributed by atoms with Gasteiger partial charge in [0.15, 0.2) is 0 Å². The smallest absolute Gasteiger partial charge is 0.133 e. The molecular weight excluding hydrogens is 243 g/mol. The van der Waals surface area contributed by atoms with Crippen LogP contribution in [0.1, 0.15) is 29.7 Å². The Morgan fingerprint density at radius 1 is 1.16 bits per heavy atom. The van der Waals surface area contributed by atoms with Crippen LogP contribution < -0.4 is 4.74 Å². The first-order chi connectivity index (χ1) is 8.97. The molecule has 0 heterocycles. The number of aliphatic hydroxyl groups excluding tert-OH is 1. The highest BCUT2D eigenvalue weighted by Crippen LogP contribution is 2.32. The SMILES string of the molecule is Cc1cccc(Oc2cc(C)c(F)cc2C(C)O)c1. The Morgan fingerprint density at radius 2 is 1.89 bits per heavy atom. The van der Waals surface area contributed by atoms with Crippen molar-refractivity contribution in [1.29, 1.82) is 0 Å². The summed E-state index contributed by atoms with van der Waals surface area (Å²) in [5.74, 6) is 0.819. The predicted octanol–water partition coefficient (Wildman–Crippen LogP) is 4.29. The molecule has 0 radical (unpaired) electrons. The van der Waals surface area contributed by atoms with Gasteiger partial charge in [0.1, 0.15) is 17.3 Å². The zero-order chi connectivity index (χ0) is 14.0. The number of hydrogen-bond acceptors (Lipinski definition) is 2. The lowest BCUT2D eigenvalue weighted by molar-refractivity contribution is 0.195. The zero-order valence-corrected chi connectivity index (χ0v) is 11.3. The zero-order valence-electron chi connectivity index (χ0n) is 11.3. The lowest BCUT2D eigenvalue weighted by Gasteiger charge is -2.15. The average Bonchev–Trinajstić information content (AvgIpc) is 2.33. The predicted molar refractivity (Wildman–Crippen MR) is 73.0 cm³/mol. The highest BCUT2D eigenvalue weighted by molar-refractivity contribution is 5.42. The summed E-state index contributed by atoms with van der Waals surface area (Å²) in [6, 6.07) is 10.5. The van der Waals surface area contributed by atoms with Gasteiger partial charge in [-0.2, -0.15) is 0 Å². The van der Waals surface area contributed by atoms with Crippen molar-refractivity contribution >= 4 is 0 Å². The molecule has 0 aliphatic rings. The van der Waals surface area contributed by atoms with Gasteiger partial charge in [0, 0.05) is 5.56 Å². The third-order valence-electron chi connectivity index (χ3n) is 2.96. The minimum Gasteiger partial charge on any atom is -0.457 e. The van der Waals surface area contributed by atoms with Crippen molar-refractivity contribution in [2.45, 2.75) is 26.9 Å². The van der Waals surface area contributed by atoms with E-state index in [2.05, 4.69) is 0 Å². The van der Waals surface area contributed by atoms with E-state index in [1.165, 1.54) is 6.07 Å². The number of ether oxygens (including phenoxy) is 1. The lowest BCUT2D eigenvalue weighted by atomic mass is 10.1. The summed E-state index contributed by atoms with van der Waals surface area (Å²) in [6.07, 6.45) is -0.782. The first-order valence-corrected chi connectivity index (χ1v) is 6.20. The van der Waals surface area contributed by atoms with E-state index in [4.69, 9.17) is 4.74 Å². The van der Waals surface area contributed by atoms with Crippen molar-refractivity contribution in [2.24, 2.45) is 0 Å². The van der Waals surface area contributed by atoms with Crippen molar-refractivity contribution in [3.05, 3.63) is 58.9 Å². The Bertz CT molecular complexity index is 591. The molecule has 2 rings (SSSR count). The molecule has 1 N–H and O–H groups in total. The molecule has 2 aromatic carbocycles. The Balaban J connectivity index is 2.41. The molecule has 3 heteroatoms. The number of aryl methyl sites for hydroxylation is 2. The third kappa shape index (κ3) is 3.12. The molecule has 1 atom stereocenters. The Labute approximate surface area is 112 Å². The van der Waals surface area contributed by atoms with E-state index in [0.29, 0.717) is 22.6 Å². The molecule has 0 fully saturated rings.